The van der Waals surface area contributed by atoms with Crippen molar-refractivity contribution in [1.82, 2.24) is 10.3 Å². The van der Waals surface area contributed by atoms with Crippen LogP contribution in [0.2, 0.25) is 0 Å². The molecule has 0 aliphatic carbocycles. The summed E-state index contributed by atoms with van der Waals surface area (Å²) in [4.78, 5) is 7.11. The third kappa shape index (κ3) is 5.12. The van der Waals surface area contributed by atoms with Crippen molar-refractivity contribution in [2.45, 2.75) is 66.0 Å². The largest absolute Gasteiger partial charge is 0.357 e. The van der Waals surface area contributed by atoms with E-state index in [9.17, 15) is 0 Å². The average molecular weight is 277 g/mol. The fourth-order valence-corrected chi connectivity index (χ4v) is 2.21. The molecule has 0 spiro atoms. The molecule has 3 nitrogen and oxygen atoms in total. The lowest BCUT2D eigenvalue weighted by molar-refractivity contribution is 0.650. The average Bonchev–Trinajstić information content (AvgIpc) is 2.46. The summed E-state index contributed by atoms with van der Waals surface area (Å²) in [5.41, 5.74) is 2.57. The first kappa shape index (κ1) is 17.0. The summed E-state index contributed by atoms with van der Waals surface area (Å²) in [5, 5.41) is 3.48. The molecule has 0 aromatic carbocycles. The van der Waals surface area contributed by atoms with E-state index in [1.807, 2.05) is 0 Å². The molecule has 0 saturated carbocycles. The predicted molar refractivity (Wildman–Crippen MR) is 88.4 cm³/mol. The second kappa shape index (κ2) is 8.96. The van der Waals surface area contributed by atoms with Crippen LogP contribution in [0.15, 0.2) is 12.1 Å². The maximum Gasteiger partial charge on any atom is 0.129 e. The SMILES string of the molecule is CCCNCc1cc(CCC)nc(N(C)C(C)CC)c1. The smallest absolute Gasteiger partial charge is 0.129 e. The quantitative estimate of drug-likeness (QED) is 0.696. The number of rotatable bonds is 9. The highest BCUT2D eigenvalue weighted by Crippen LogP contribution is 2.18. The molecule has 0 aliphatic heterocycles. The Bertz CT molecular complexity index is 390. The molecule has 1 rings (SSSR count). The minimum absolute atomic E-state index is 0.524. The minimum atomic E-state index is 0.524. The highest BCUT2D eigenvalue weighted by atomic mass is 15.2. The molecule has 0 fully saturated rings. The molecule has 0 radical (unpaired) electrons. The van der Waals surface area contributed by atoms with Gasteiger partial charge < -0.3 is 10.2 Å². The van der Waals surface area contributed by atoms with Crippen molar-refractivity contribution in [3.05, 3.63) is 23.4 Å². The van der Waals surface area contributed by atoms with Gasteiger partial charge in [-0.05, 0) is 50.4 Å². The Balaban J connectivity index is 2.91. The van der Waals surface area contributed by atoms with Gasteiger partial charge in [0.2, 0.25) is 0 Å². The minimum Gasteiger partial charge on any atom is -0.357 e. The Hall–Kier alpha value is -1.09. The summed E-state index contributed by atoms with van der Waals surface area (Å²) in [6.07, 6.45) is 4.51. The molecule has 1 aromatic rings. The van der Waals surface area contributed by atoms with E-state index in [4.69, 9.17) is 4.98 Å². The number of hydrogen-bond donors (Lipinski definition) is 1. The van der Waals surface area contributed by atoms with E-state index < -0.39 is 0 Å². The van der Waals surface area contributed by atoms with Crippen LogP contribution in [-0.2, 0) is 13.0 Å². The molecule has 114 valence electrons. The summed E-state index contributed by atoms with van der Waals surface area (Å²) in [7, 11) is 2.15. The van der Waals surface area contributed by atoms with Gasteiger partial charge in [-0.3, -0.25) is 0 Å². The van der Waals surface area contributed by atoms with Crippen molar-refractivity contribution in [1.29, 1.82) is 0 Å². The van der Waals surface area contributed by atoms with Crippen molar-refractivity contribution in [2.75, 3.05) is 18.5 Å². The van der Waals surface area contributed by atoms with Gasteiger partial charge in [0.15, 0.2) is 0 Å². The maximum atomic E-state index is 4.82. The predicted octanol–water partition coefficient (Wildman–Crippen LogP) is 3.77. The van der Waals surface area contributed by atoms with E-state index in [1.165, 1.54) is 17.7 Å². The molecular formula is C17H31N3. The van der Waals surface area contributed by atoms with Crippen molar-refractivity contribution < 1.29 is 0 Å². The Labute approximate surface area is 124 Å². The molecule has 0 bridgehead atoms. The van der Waals surface area contributed by atoms with Crippen LogP contribution in [0.25, 0.3) is 0 Å². The molecule has 3 heteroatoms. The summed E-state index contributed by atoms with van der Waals surface area (Å²) in [6, 6.07) is 5.00. The van der Waals surface area contributed by atoms with Gasteiger partial charge in [0.05, 0.1) is 0 Å². The number of hydrogen-bond acceptors (Lipinski definition) is 3. The van der Waals surface area contributed by atoms with Crippen LogP contribution in [-0.4, -0.2) is 24.6 Å². The summed E-state index contributed by atoms with van der Waals surface area (Å²) < 4.78 is 0. The zero-order chi connectivity index (χ0) is 15.0. The number of nitrogens with one attached hydrogen (secondary N) is 1. The third-order valence-electron chi connectivity index (χ3n) is 3.80. The number of pyridine rings is 1. The van der Waals surface area contributed by atoms with E-state index >= 15 is 0 Å². The number of nitrogens with zero attached hydrogens (tertiary/aromatic N) is 2. The van der Waals surface area contributed by atoms with Crippen LogP contribution < -0.4 is 10.2 Å². The van der Waals surface area contributed by atoms with Crippen molar-refractivity contribution in [3.63, 3.8) is 0 Å². The van der Waals surface area contributed by atoms with E-state index in [-0.39, 0.29) is 0 Å². The van der Waals surface area contributed by atoms with Gasteiger partial charge in [-0.25, -0.2) is 4.98 Å². The summed E-state index contributed by atoms with van der Waals surface area (Å²) in [6.45, 7) is 10.9. The van der Waals surface area contributed by atoms with Gasteiger partial charge in [0, 0.05) is 25.3 Å². The molecule has 0 aliphatic rings. The van der Waals surface area contributed by atoms with Crippen molar-refractivity contribution >= 4 is 5.82 Å². The van der Waals surface area contributed by atoms with Gasteiger partial charge in [0.25, 0.3) is 0 Å². The zero-order valence-corrected chi connectivity index (χ0v) is 13.9. The second-order valence-corrected chi connectivity index (χ2v) is 5.62. The molecule has 0 amide bonds. The van der Waals surface area contributed by atoms with E-state index in [0.717, 1.165) is 38.2 Å². The molecular weight excluding hydrogens is 246 g/mol. The Morgan fingerprint density at radius 2 is 1.95 bits per heavy atom. The van der Waals surface area contributed by atoms with Crippen molar-refractivity contribution in [3.8, 4) is 0 Å². The topological polar surface area (TPSA) is 28.2 Å². The highest BCUT2D eigenvalue weighted by molar-refractivity contribution is 5.43. The van der Waals surface area contributed by atoms with Crippen LogP contribution in [0.3, 0.4) is 0 Å². The van der Waals surface area contributed by atoms with Crippen LogP contribution in [0.4, 0.5) is 5.82 Å². The molecule has 1 atom stereocenters. The van der Waals surface area contributed by atoms with Crippen LogP contribution in [0.5, 0.6) is 0 Å². The molecule has 1 unspecified atom stereocenters. The summed E-state index contributed by atoms with van der Waals surface area (Å²) in [5.74, 6) is 1.11. The van der Waals surface area contributed by atoms with Gasteiger partial charge in [-0.2, -0.15) is 0 Å². The first-order valence-electron chi connectivity index (χ1n) is 8.05. The Kier molecular flexibility index (Phi) is 7.60. The Morgan fingerprint density at radius 3 is 2.55 bits per heavy atom. The lowest BCUT2D eigenvalue weighted by atomic mass is 10.1. The lowest BCUT2D eigenvalue weighted by Crippen LogP contribution is -2.29. The van der Waals surface area contributed by atoms with E-state index in [2.05, 4.69) is 57.1 Å². The van der Waals surface area contributed by atoms with Gasteiger partial charge >= 0.3 is 0 Å². The fourth-order valence-electron chi connectivity index (χ4n) is 2.21. The van der Waals surface area contributed by atoms with Crippen molar-refractivity contribution in [2.24, 2.45) is 0 Å². The zero-order valence-electron chi connectivity index (χ0n) is 13.9. The van der Waals surface area contributed by atoms with Crippen LogP contribution >= 0.6 is 0 Å². The molecule has 20 heavy (non-hydrogen) atoms. The number of anilines is 1. The number of aromatic nitrogens is 1. The second-order valence-electron chi connectivity index (χ2n) is 5.62. The molecule has 1 N–H and O–H groups in total. The monoisotopic (exact) mass is 277 g/mol. The fraction of sp³-hybridized carbons (Fsp3) is 0.706. The van der Waals surface area contributed by atoms with E-state index in [1.54, 1.807) is 0 Å². The molecule has 1 heterocycles. The first-order valence-corrected chi connectivity index (χ1v) is 8.05. The van der Waals surface area contributed by atoms with Gasteiger partial charge in [-0.15, -0.1) is 0 Å². The van der Waals surface area contributed by atoms with Crippen LogP contribution in [0.1, 0.15) is 58.2 Å². The van der Waals surface area contributed by atoms with Gasteiger partial charge in [-0.1, -0.05) is 27.2 Å². The number of aryl methyl sites for hydroxylation is 1. The maximum absolute atomic E-state index is 4.82. The molecule has 0 saturated heterocycles. The first-order chi connectivity index (χ1) is 9.62. The molecule has 1 aromatic heterocycles. The highest BCUT2D eigenvalue weighted by Gasteiger charge is 2.11. The van der Waals surface area contributed by atoms with Gasteiger partial charge in [0.1, 0.15) is 5.82 Å². The third-order valence-corrected chi connectivity index (χ3v) is 3.80. The van der Waals surface area contributed by atoms with Crippen LogP contribution in [0, 0.1) is 0 Å². The summed E-state index contributed by atoms with van der Waals surface area (Å²) >= 11 is 0. The lowest BCUT2D eigenvalue weighted by Gasteiger charge is -2.26. The normalized spacial score (nSPS) is 12.4. The Morgan fingerprint density at radius 1 is 1.20 bits per heavy atom. The van der Waals surface area contributed by atoms with E-state index in [0.29, 0.717) is 6.04 Å². The standard InChI is InChI=1S/C17H31N3/c1-6-9-16-11-15(13-18-10-7-2)12-17(19-16)20(5)14(4)8-3/h11-12,14,18H,6-10,13H2,1-5H3.